The summed E-state index contributed by atoms with van der Waals surface area (Å²) in [7, 11) is 0. The zero-order chi connectivity index (χ0) is 15.4. The molecule has 0 aliphatic rings. The van der Waals surface area contributed by atoms with Crippen molar-refractivity contribution in [1.29, 1.82) is 0 Å². The molecule has 0 bridgehead atoms. The normalized spacial score (nSPS) is 10.3. The number of hydrogen-bond donors (Lipinski definition) is 2. The molecule has 0 radical (unpaired) electrons. The van der Waals surface area contributed by atoms with Crippen molar-refractivity contribution in [3.8, 4) is 0 Å². The van der Waals surface area contributed by atoms with E-state index in [-0.39, 0.29) is 11.7 Å². The molecule has 2 aromatic carbocycles. The van der Waals surface area contributed by atoms with E-state index in [1.807, 2.05) is 31.2 Å². The minimum atomic E-state index is -0.196. The van der Waals surface area contributed by atoms with Gasteiger partial charge in [-0.15, -0.1) is 0 Å². The molecule has 3 nitrogen and oxygen atoms in total. The predicted molar refractivity (Wildman–Crippen MR) is 83.9 cm³/mol. The number of hydrogen-bond acceptors (Lipinski definition) is 2. The molecular weight excluding hydrogens is 267 g/mol. The van der Waals surface area contributed by atoms with Crippen LogP contribution in [0.5, 0.6) is 0 Å². The molecule has 2 aromatic rings. The molecule has 110 valence electrons. The van der Waals surface area contributed by atoms with Crippen molar-refractivity contribution < 1.29 is 9.18 Å². The van der Waals surface area contributed by atoms with Gasteiger partial charge in [0.2, 0.25) is 5.91 Å². The van der Waals surface area contributed by atoms with Crippen LogP contribution in [0, 0.1) is 19.7 Å². The molecular formula is C17H19FN2O. The van der Waals surface area contributed by atoms with Gasteiger partial charge in [-0.1, -0.05) is 18.2 Å². The van der Waals surface area contributed by atoms with Crippen LogP contribution >= 0.6 is 0 Å². The number of benzene rings is 2. The van der Waals surface area contributed by atoms with Crippen molar-refractivity contribution in [2.45, 2.75) is 27.3 Å². The van der Waals surface area contributed by atoms with Gasteiger partial charge >= 0.3 is 0 Å². The van der Waals surface area contributed by atoms with E-state index in [0.29, 0.717) is 12.1 Å². The third kappa shape index (κ3) is 4.05. The molecule has 0 fully saturated rings. The van der Waals surface area contributed by atoms with E-state index in [1.54, 1.807) is 13.0 Å². The Kier molecular flexibility index (Phi) is 4.58. The van der Waals surface area contributed by atoms with Crippen LogP contribution in [0.25, 0.3) is 0 Å². The number of anilines is 2. The van der Waals surface area contributed by atoms with Crippen molar-refractivity contribution in [2.24, 2.45) is 0 Å². The lowest BCUT2D eigenvalue weighted by atomic mass is 10.1. The van der Waals surface area contributed by atoms with E-state index >= 15 is 0 Å². The van der Waals surface area contributed by atoms with Gasteiger partial charge in [-0.3, -0.25) is 4.79 Å². The molecule has 0 saturated heterocycles. The Bertz CT molecular complexity index is 668. The average molecular weight is 286 g/mol. The van der Waals surface area contributed by atoms with E-state index in [1.165, 1.54) is 13.0 Å². The maximum atomic E-state index is 13.5. The summed E-state index contributed by atoms with van der Waals surface area (Å²) in [6.45, 7) is 5.73. The molecule has 0 spiro atoms. The molecule has 4 heteroatoms. The van der Waals surface area contributed by atoms with Crippen molar-refractivity contribution in [1.82, 2.24) is 0 Å². The zero-order valence-corrected chi connectivity index (χ0v) is 12.5. The highest BCUT2D eigenvalue weighted by Gasteiger charge is 2.03. The van der Waals surface area contributed by atoms with Gasteiger partial charge < -0.3 is 10.6 Å². The van der Waals surface area contributed by atoms with E-state index in [4.69, 9.17) is 0 Å². The molecule has 2 N–H and O–H groups in total. The molecule has 0 heterocycles. The highest BCUT2D eigenvalue weighted by Crippen LogP contribution is 2.21. The van der Waals surface area contributed by atoms with Crippen LogP contribution in [-0.4, -0.2) is 5.91 Å². The van der Waals surface area contributed by atoms with Gasteiger partial charge in [0, 0.05) is 24.8 Å². The highest BCUT2D eigenvalue weighted by molar-refractivity contribution is 5.89. The van der Waals surface area contributed by atoms with Crippen molar-refractivity contribution in [3.63, 3.8) is 0 Å². The van der Waals surface area contributed by atoms with E-state index in [0.717, 1.165) is 22.5 Å². The summed E-state index contributed by atoms with van der Waals surface area (Å²) in [4.78, 5) is 11.1. The summed E-state index contributed by atoms with van der Waals surface area (Å²) in [5.41, 5.74) is 4.25. The quantitative estimate of drug-likeness (QED) is 0.891. The highest BCUT2D eigenvalue weighted by atomic mass is 19.1. The van der Waals surface area contributed by atoms with Crippen LogP contribution in [0.3, 0.4) is 0 Å². The van der Waals surface area contributed by atoms with Crippen molar-refractivity contribution >= 4 is 17.3 Å². The Hall–Kier alpha value is -2.36. The van der Waals surface area contributed by atoms with Gasteiger partial charge in [-0.25, -0.2) is 4.39 Å². The van der Waals surface area contributed by atoms with Gasteiger partial charge in [0.25, 0.3) is 0 Å². The first-order chi connectivity index (χ1) is 9.95. The second-order valence-electron chi connectivity index (χ2n) is 5.15. The molecule has 2 rings (SSSR count). The van der Waals surface area contributed by atoms with Crippen molar-refractivity contribution in [3.05, 3.63) is 58.9 Å². The molecule has 0 aliphatic carbocycles. The number of carbonyl (C=O) groups is 1. The van der Waals surface area contributed by atoms with Crippen LogP contribution in [0.15, 0.2) is 36.4 Å². The molecule has 0 saturated carbocycles. The Morgan fingerprint density at radius 1 is 1.10 bits per heavy atom. The van der Waals surface area contributed by atoms with Crippen LogP contribution in [0.1, 0.15) is 23.6 Å². The first-order valence-corrected chi connectivity index (χ1v) is 6.83. The lowest BCUT2D eigenvalue weighted by Crippen LogP contribution is -2.07. The zero-order valence-electron chi connectivity index (χ0n) is 12.5. The summed E-state index contributed by atoms with van der Waals surface area (Å²) < 4.78 is 13.5. The van der Waals surface area contributed by atoms with Crippen molar-refractivity contribution in [2.75, 3.05) is 10.6 Å². The standard InChI is InChI=1S/C17H19FN2O/c1-11-4-6-14(8-16(11)18)10-19-17-9-15(20-13(3)21)7-5-12(17)2/h4-9,19H,10H2,1-3H3,(H,20,21). The molecule has 1 amide bonds. The van der Waals surface area contributed by atoms with Crippen LogP contribution in [0.2, 0.25) is 0 Å². The number of rotatable bonds is 4. The van der Waals surface area contributed by atoms with Crippen LogP contribution in [-0.2, 0) is 11.3 Å². The fourth-order valence-corrected chi connectivity index (χ4v) is 2.04. The van der Waals surface area contributed by atoms with Gasteiger partial charge in [0.15, 0.2) is 0 Å². The number of halogens is 1. The number of aryl methyl sites for hydroxylation is 2. The fourth-order valence-electron chi connectivity index (χ4n) is 2.04. The summed E-state index contributed by atoms with van der Waals surface area (Å²) in [5, 5.41) is 6.02. The van der Waals surface area contributed by atoms with Crippen LogP contribution in [0.4, 0.5) is 15.8 Å². The topological polar surface area (TPSA) is 41.1 Å². The monoisotopic (exact) mass is 286 g/mol. The second kappa shape index (κ2) is 6.39. The third-order valence-corrected chi connectivity index (χ3v) is 3.28. The van der Waals surface area contributed by atoms with E-state index in [2.05, 4.69) is 10.6 Å². The van der Waals surface area contributed by atoms with Crippen LogP contribution < -0.4 is 10.6 Å². The maximum absolute atomic E-state index is 13.5. The molecule has 21 heavy (non-hydrogen) atoms. The number of carbonyl (C=O) groups excluding carboxylic acids is 1. The summed E-state index contributed by atoms with van der Waals surface area (Å²) in [6.07, 6.45) is 0. The largest absolute Gasteiger partial charge is 0.381 e. The minimum Gasteiger partial charge on any atom is -0.381 e. The Morgan fingerprint density at radius 2 is 1.81 bits per heavy atom. The lowest BCUT2D eigenvalue weighted by Gasteiger charge is -2.12. The number of nitrogens with one attached hydrogen (secondary N) is 2. The summed E-state index contributed by atoms with van der Waals surface area (Å²) in [6, 6.07) is 10.9. The first-order valence-electron chi connectivity index (χ1n) is 6.83. The smallest absolute Gasteiger partial charge is 0.221 e. The Balaban J connectivity index is 2.11. The number of amides is 1. The molecule has 0 aromatic heterocycles. The fraction of sp³-hybridized carbons (Fsp3) is 0.235. The second-order valence-corrected chi connectivity index (χ2v) is 5.15. The van der Waals surface area contributed by atoms with E-state index < -0.39 is 0 Å². The summed E-state index contributed by atoms with van der Waals surface area (Å²) >= 11 is 0. The van der Waals surface area contributed by atoms with Gasteiger partial charge in [0.1, 0.15) is 5.82 Å². The van der Waals surface area contributed by atoms with Gasteiger partial charge in [-0.05, 0) is 48.7 Å². The van der Waals surface area contributed by atoms with E-state index in [9.17, 15) is 9.18 Å². The molecule has 0 atom stereocenters. The molecule has 0 aliphatic heterocycles. The maximum Gasteiger partial charge on any atom is 0.221 e. The average Bonchev–Trinajstić information content (AvgIpc) is 2.42. The minimum absolute atomic E-state index is 0.106. The lowest BCUT2D eigenvalue weighted by molar-refractivity contribution is -0.114. The Labute approximate surface area is 124 Å². The predicted octanol–water partition coefficient (Wildman–Crippen LogP) is 4.01. The third-order valence-electron chi connectivity index (χ3n) is 3.28. The Morgan fingerprint density at radius 3 is 2.48 bits per heavy atom. The SMILES string of the molecule is CC(=O)Nc1ccc(C)c(NCc2ccc(C)c(F)c2)c1. The molecule has 0 unspecified atom stereocenters. The van der Waals surface area contributed by atoms with Gasteiger partial charge in [-0.2, -0.15) is 0 Å². The first kappa shape index (κ1) is 15.0. The summed E-state index contributed by atoms with van der Waals surface area (Å²) in [5.74, 6) is -0.302. The van der Waals surface area contributed by atoms with Gasteiger partial charge in [0.05, 0.1) is 0 Å².